The molecule has 4 heteroatoms. The molecule has 0 aliphatic heterocycles. The van der Waals surface area contributed by atoms with Gasteiger partial charge in [-0.15, -0.1) is 11.3 Å². The van der Waals surface area contributed by atoms with Crippen molar-refractivity contribution < 1.29 is 0 Å². The molecule has 0 bridgehead atoms. The van der Waals surface area contributed by atoms with Crippen molar-refractivity contribution in [2.24, 2.45) is 5.73 Å². The quantitative estimate of drug-likeness (QED) is 0.890. The SMILES string of the molecule is Cc1nc(CSC2CCCCC2)sc1CCN. The van der Waals surface area contributed by atoms with Crippen LogP contribution in [0.25, 0.3) is 0 Å². The summed E-state index contributed by atoms with van der Waals surface area (Å²) in [5, 5.41) is 2.17. The van der Waals surface area contributed by atoms with Crippen LogP contribution >= 0.6 is 23.1 Å². The van der Waals surface area contributed by atoms with Crippen LogP contribution in [0.2, 0.25) is 0 Å². The first kappa shape index (κ1) is 13.4. The molecule has 0 atom stereocenters. The summed E-state index contributed by atoms with van der Waals surface area (Å²) >= 11 is 3.97. The standard InChI is InChI=1S/C13H22N2S2/c1-10-12(7-8-14)17-13(15-10)9-16-11-5-3-2-4-6-11/h11H,2-9,14H2,1H3. The van der Waals surface area contributed by atoms with Gasteiger partial charge in [0.1, 0.15) is 5.01 Å². The molecule has 2 nitrogen and oxygen atoms in total. The van der Waals surface area contributed by atoms with Crippen LogP contribution in [-0.4, -0.2) is 16.8 Å². The van der Waals surface area contributed by atoms with Gasteiger partial charge in [-0.3, -0.25) is 0 Å². The summed E-state index contributed by atoms with van der Waals surface area (Å²) in [6.07, 6.45) is 8.08. The Morgan fingerprint density at radius 3 is 2.82 bits per heavy atom. The molecule has 1 aliphatic rings. The van der Waals surface area contributed by atoms with Crippen molar-refractivity contribution in [3.8, 4) is 0 Å². The predicted molar refractivity (Wildman–Crippen MR) is 77.8 cm³/mol. The summed E-state index contributed by atoms with van der Waals surface area (Å²) in [5.74, 6) is 1.10. The van der Waals surface area contributed by atoms with Crippen molar-refractivity contribution >= 4 is 23.1 Å². The molecule has 2 rings (SSSR count). The van der Waals surface area contributed by atoms with E-state index in [0.29, 0.717) is 0 Å². The van der Waals surface area contributed by atoms with Crippen LogP contribution < -0.4 is 5.73 Å². The number of nitrogens with two attached hydrogens (primary N) is 1. The molecule has 1 saturated carbocycles. The molecule has 1 fully saturated rings. The lowest BCUT2D eigenvalue weighted by molar-refractivity contribution is 0.516. The predicted octanol–water partition coefficient (Wildman–Crippen LogP) is 3.52. The zero-order chi connectivity index (χ0) is 12.1. The number of aromatic nitrogens is 1. The van der Waals surface area contributed by atoms with Crippen molar-refractivity contribution in [1.82, 2.24) is 4.98 Å². The minimum absolute atomic E-state index is 0.734. The van der Waals surface area contributed by atoms with Gasteiger partial charge in [0.05, 0.1) is 5.69 Å². The number of hydrogen-bond acceptors (Lipinski definition) is 4. The zero-order valence-electron chi connectivity index (χ0n) is 10.6. The molecule has 0 unspecified atom stereocenters. The highest BCUT2D eigenvalue weighted by Crippen LogP contribution is 2.32. The fraction of sp³-hybridized carbons (Fsp3) is 0.769. The van der Waals surface area contributed by atoms with E-state index in [2.05, 4.69) is 23.7 Å². The van der Waals surface area contributed by atoms with Gasteiger partial charge >= 0.3 is 0 Å². The fourth-order valence-corrected chi connectivity index (χ4v) is 4.76. The van der Waals surface area contributed by atoms with E-state index in [1.165, 1.54) is 47.7 Å². The summed E-state index contributed by atoms with van der Waals surface area (Å²) in [6, 6.07) is 0. The maximum Gasteiger partial charge on any atom is 0.103 e. The molecule has 0 spiro atoms. The number of aryl methyl sites for hydroxylation is 1. The summed E-state index contributed by atoms with van der Waals surface area (Å²) in [6.45, 7) is 2.84. The van der Waals surface area contributed by atoms with Gasteiger partial charge < -0.3 is 5.73 Å². The Hall–Kier alpha value is -0.0600. The highest BCUT2D eigenvalue weighted by atomic mass is 32.2. The second kappa shape index (κ2) is 6.76. The lowest BCUT2D eigenvalue weighted by atomic mass is 10.0. The highest BCUT2D eigenvalue weighted by Gasteiger charge is 2.15. The summed E-state index contributed by atoms with van der Waals surface area (Å²) < 4.78 is 0. The van der Waals surface area contributed by atoms with E-state index in [1.54, 1.807) is 0 Å². The lowest BCUT2D eigenvalue weighted by Gasteiger charge is -2.20. The maximum atomic E-state index is 5.60. The third-order valence-electron chi connectivity index (χ3n) is 3.30. The Morgan fingerprint density at radius 1 is 1.35 bits per heavy atom. The molecule has 2 N–H and O–H groups in total. The van der Waals surface area contributed by atoms with Gasteiger partial charge in [-0.25, -0.2) is 4.98 Å². The molecule has 0 radical (unpaired) electrons. The summed E-state index contributed by atoms with van der Waals surface area (Å²) in [5.41, 5.74) is 6.80. The number of thiazole rings is 1. The second-order valence-electron chi connectivity index (χ2n) is 4.73. The highest BCUT2D eigenvalue weighted by molar-refractivity contribution is 7.99. The largest absolute Gasteiger partial charge is 0.330 e. The Morgan fingerprint density at radius 2 is 2.12 bits per heavy atom. The van der Waals surface area contributed by atoms with Crippen LogP contribution in [0.4, 0.5) is 0 Å². The monoisotopic (exact) mass is 270 g/mol. The van der Waals surface area contributed by atoms with Crippen LogP contribution in [0.15, 0.2) is 0 Å². The van der Waals surface area contributed by atoms with Gasteiger partial charge in [0.15, 0.2) is 0 Å². The number of hydrogen-bond donors (Lipinski definition) is 1. The molecule has 0 aromatic carbocycles. The minimum atomic E-state index is 0.734. The van der Waals surface area contributed by atoms with Gasteiger partial charge in [-0.05, 0) is 32.7 Å². The van der Waals surface area contributed by atoms with Crippen molar-refractivity contribution in [3.05, 3.63) is 15.6 Å². The van der Waals surface area contributed by atoms with Crippen molar-refractivity contribution in [2.45, 2.75) is 56.5 Å². The zero-order valence-corrected chi connectivity index (χ0v) is 12.2. The van der Waals surface area contributed by atoms with Crippen LogP contribution in [0.3, 0.4) is 0 Å². The smallest absolute Gasteiger partial charge is 0.103 e. The third kappa shape index (κ3) is 3.97. The second-order valence-corrected chi connectivity index (χ2v) is 7.18. The molecule has 96 valence electrons. The van der Waals surface area contributed by atoms with E-state index in [9.17, 15) is 0 Å². The summed E-state index contributed by atoms with van der Waals surface area (Å²) in [4.78, 5) is 6.04. The summed E-state index contributed by atoms with van der Waals surface area (Å²) in [7, 11) is 0. The molecule has 0 saturated heterocycles. The number of rotatable bonds is 5. The van der Waals surface area contributed by atoms with Gasteiger partial charge in [0.25, 0.3) is 0 Å². The van der Waals surface area contributed by atoms with E-state index in [1.807, 2.05) is 11.3 Å². The van der Waals surface area contributed by atoms with Gasteiger partial charge in [-0.1, -0.05) is 19.3 Å². The van der Waals surface area contributed by atoms with E-state index in [4.69, 9.17) is 5.73 Å². The van der Waals surface area contributed by atoms with Crippen molar-refractivity contribution in [1.29, 1.82) is 0 Å². The van der Waals surface area contributed by atoms with Gasteiger partial charge in [-0.2, -0.15) is 11.8 Å². The molecule has 17 heavy (non-hydrogen) atoms. The van der Waals surface area contributed by atoms with Gasteiger partial charge in [0, 0.05) is 15.9 Å². The molecular weight excluding hydrogens is 248 g/mol. The van der Waals surface area contributed by atoms with Crippen molar-refractivity contribution in [2.75, 3.05) is 6.54 Å². The molecule has 1 aliphatic carbocycles. The van der Waals surface area contributed by atoms with Crippen LogP contribution in [0, 0.1) is 6.92 Å². The third-order valence-corrected chi connectivity index (χ3v) is 6.09. The molecule has 0 amide bonds. The molecular formula is C13H22N2S2. The first-order chi connectivity index (χ1) is 8.29. The molecule has 1 aromatic rings. The number of nitrogens with zero attached hydrogens (tertiary/aromatic N) is 1. The average Bonchev–Trinajstić information content (AvgIpc) is 2.70. The fourth-order valence-electron chi connectivity index (χ4n) is 2.33. The normalized spacial score (nSPS) is 17.5. The van der Waals surface area contributed by atoms with Crippen LogP contribution in [0.1, 0.15) is 47.7 Å². The first-order valence-corrected chi connectivity index (χ1v) is 8.43. The Balaban J connectivity index is 1.83. The Bertz CT molecular complexity index is 343. The van der Waals surface area contributed by atoms with E-state index < -0.39 is 0 Å². The first-order valence-electron chi connectivity index (χ1n) is 6.56. The Labute approximate surface area is 112 Å². The van der Waals surface area contributed by atoms with E-state index in [0.717, 1.165) is 24.0 Å². The lowest BCUT2D eigenvalue weighted by Crippen LogP contribution is -2.08. The average molecular weight is 270 g/mol. The van der Waals surface area contributed by atoms with Crippen LogP contribution in [0.5, 0.6) is 0 Å². The van der Waals surface area contributed by atoms with E-state index >= 15 is 0 Å². The molecule has 1 heterocycles. The van der Waals surface area contributed by atoms with Crippen molar-refractivity contribution in [3.63, 3.8) is 0 Å². The van der Waals surface area contributed by atoms with Crippen LogP contribution in [-0.2, 0) is 12.2 Å². The van der Waals surface area contributed by atoms with E-state index in [-0.39, 0.29) is 0 Å². The van der Waals surface area contributed by atoms with Gasteiger partial charge in [0.2, 0.25) is 0 Å². The topological polar surface area (TPSA) is 38.9 Å². The Kier molecular flexibility index (Phi) is 5.32. The number of thioether (sulfide) groups is 1. The molecule has 1 aromatic heterocycles. The minimum Gasteiger partial charge on any atom is -0.330 e. The maximum absolute atomic E-state index is 5.60.